The molecule has 7 nitrogen and oxygen atoms in total. The molecule has 0 saturated carbocycles. The van der Waals surface area contributed by atoms with Crippen molar-refractivity contribution in [3.63, 3.8) is 0 Å². The van der Waals surface area contributed by atoms with Crippen molar-refractivity contribution in [2.45, 2.75) is 38.1 Å². The molecule has 2 heterocycles. The van der Waals surface area contributed by atoms with Crippen LogP contribution in [-0.2, 0) is 14.4 Å². The van der Waals surface area contributed by atoms with E-state index < -0.39 is 6.04 Å². The van der Waals surface area contributed by atoms with Crippen molar-refractivity contribution in [3.8, 4) is 0 Å². The van der Waals surface area contributed by atoms with E-state index in [0.29, 0.717) is 41.7 Å². The number of carbonyl (C=O) groups excluding carboxylic acids is 3. The molecule has 0 unspecified atom stereocenters. The molecule has 33 heavy (non-hydrogen) atoms. The molecule has 2 aliphatic heterocycles. The number of benzene rings is 2. The first-order chi connectivity index (χ1) is 15.9. The predicted octanol–water partition coefficient (Wildman–Crippen LogP) is 4.34. The van der Waals surface area contributed by atoms with Crippen LogP contribution in [-0.4, -0.2) is 52.5 Å². The van der Waals surface area contributed by atoms with Gasteiger partial charge in [0.25, 0.3) is 0 Å². The zero-order valence-electron chi connectivity index (χ0n) is 18.0. The van der Waals surface area contributed by atoms with Crippen LogP contribution in [0, 0.1) is 0 Å². The van der Waals surface area contributed by atoms with E-state index in [1.54, 1.807) is 23.1 Å². The molecule has 4 rings (SSSR count). The van der Waals surface area contributed by atoms with E-state index in [9.17, 15) is 14.4 Å². The molecular formula is C24H24Cl2N4O3. The molecule has 1 N–H and O–H groups in total. The number of hydrogen-bond donors (Lipinski definition) is 1. The maximum absolute atomic E-state index is 12.8. The van der Waals surface area contributed by atoms with Crippen LogP contribution < -0.4 is 5.32 Å². The van der Waals surface area contributed by atoms with E-state index in [-0.39, 0.29) is 30.6 Å². The maximum atomic E-state index is 12.8. The Bertz CT molecular complexity index is 1070. The molecule has 1 saturated heterocycles. The average Bonchev–Trinajstić information content (AvgIpc) is 3.47. The van der Waals surface area contributed by atoms with Crippen molar-refractivity contribution >= 4 is 52.3 Å². The van der Waals surface area contributed by atoms with Crippen molar-refractivity contribution in [2.75, 3.05) is 18.4 Å². The molecule has 0 radical (unpaired) electrons. The van der Waals surface area contributed by atoms with Gasteiger partial charge in [0, 0.05) is 41.5 Å². The molecule has 0 aromatic heterocycles. The third kappa shape index (κ3) is 5.72. The van der Waals surface area contributed by atoms with Gasteiger partial charge in [0.05, 0.1) is 12.3 Å². The lowest BCUT2D eigenvalue weighted by atomic mass is 10.1. The highest BCUT2D eigenvalue weighted by atomic mass is 35.5. The standard InChI is InChI=1S/C24H24Cl2N4O3/c25-17-13-18(26)15-19(14-17)27-24(33)21-7-4-11-29(21)22(31)8-9-23(32)30-12-10-20(28-30)16-5-2-1-3-6-16/h1-3,5-6,13-15,21H,4,7-12H2,(H,27,33)/t21-/m1/s1. The molecule has 2 aromatic carbocycles. The molecule has 1 fully saturated rings. The van der Waals surface area contributed by atoms with Crippen molar-refractivity contribution in [1.82, 2.24) is 9.91 Å². The van der Waals surface area contributed by atoms with Gasteiger partial charge < -0.3 is 10.2 Å². The number of anilines is 1. The monoisotopic (exact) mass is 486 g/mol. The minimum Gasteiger partial charge on any atom is -0.331 e. The van der Waals surface area contributed by atoms with Crippen molar-refractivity contribution in [2.24, 2.45) is 5.10 Å². The second-order valence-electron chi connectivity index (χ2n) is 8.07. The Balaban J connectivity index is 1.32. The van der Waals surface area contributed by atoms with E-state index in [1.807, 2.05) is 30.3 Å². The van der Waals surface area contributed by atoms with E-state index in [4.69, 9.17) is 23.2 Å². The summed E-state index contributed by atoms with van der Waals surface area (Å²) in [5.74, 6) is -0.693. The predicted molar refractivity (Wildman–Crippen MR) is 128 cm³/mol. The molecule has 0 aliphatic carbocycles. The molecule has 2 aliphatic rings. The van der Waals surface area contributed by atoms with Crippen LogP contribution in [0.15, 0.2) is 53.6 Å². The molecule has 0 bridgehead atoms. The van der Waals surface area contributed by atoms with Crippen molar-refractivity contribution in [1.29, 1.82) is 0 Å². The normalized spacial score (nSPS) is 17.8. The summed E-state index contributed by atoms with van der Waals surface area (Å²) >= 11 is 12.0. The third-order valence-corrected chi connectivity index (χ3v) is 6.19. The maximum Gasteiger partial charge on any atom is 0.247 e. The van der Waals surface area contributed by atoms with Gasteiger partial charge in [-0.05, 0) is 36.6 Å². The van der Waals surface area contributed by atoms with Crippen LogP contribution in [0.4, 0.5) is 5.69 Å². The van der Waals surface area contributed by atoms with Crippen LogP contribution in [0.25, 0.3) is 0 Å². The quantitative estimate of drug-likeness (QED) is 0.658. The summed E-state index contributed by atoms with van der Waals surface area (Å²) in [4.78, 5) is 39.8. The summed E-state index contributed by atoms with van der Waals surface area (Å²) < 4.78 is 0. The molecule has 9 heteroatoms. The Morgan fingerprint density at radius 2 is 1.67 bits per heavy atom. The molecule has 0 spiro atoms. The molecule has 3 amide bonds. The van der Waals surface area contributed by atoms with Gasteiger partial charge in [-0.25, -0.2) is 5.01 Å². The minimum atomic E-state index is -0.583. The number of nitrogens with zero attached hydrogens (tertiary/aromatic N) is 3. The number of hydrogen-bond acceptors (Lipinski definition) is 4. The Morgan fingerprint density at radius 3 is 2.39 bits per heavy atom. The second-order valence-corrected chi connectivity index (χ2v) is 8.95. The van der Waals surface area contributed by atoms with Crippen LogP contribution in [0.3, 0.4) is 0 Å². The van der Waals surface area contributed by atoms with E-state index >= 15 is 0 Å². The van der Waals surface area contributed by atoms with Gasteiger partial charge in [0.2, 0.25) is 17.7 Å². The van der Waals surface area contributed by atoms with Gasteiger partial charge in [0.15, 0.2) is 0 Å². The number of amides is 3. The molecular weight excluding hydrogens is 463 g/mol. The summed E-state index contributed by atoms with van der Waals surface area (Å²) in [5.41, 5.74) is 2.34. The van der Waals surface area contributed by atoms with Crippen LogP contribution in [0.2, 0.25) is 10.0 Å². The Morgan fingerprint density at radius 1 is 0.970 bits per heavy atom. The number of halogens is 2. The van der Waals surface area contributed by atoms with Gasteiger partial charge in [-0.15, -0.1) is 0 Å². The lowest BCUT2D eigenvalue weighted by Gasteiger charge is -2.24. The lowest BCUT2D eigenvalue weighted by Crippen LogP contribution is -2.43. The summed E-state index contributed by atoms with van der Waals surface area (Å²) in [6, 6.07) is 13.9. The zero-order chi connectivity index (χ0) is 23.4. The number of rotatable bonds is 6. The van der Waals surface area contributed by atoms with Gasteiger partial charge >= 0.3 is 0 Å². The lowest BCUT2D eigenvalue weighted by molar-refractivity contribution is -0.139. The van der Waals surface area contributed by atoms with Crippen molar-refractivity contribution < 1.29 is 14.4 Å². The number of likely N-dealkylation sites (tertiary alicyclic amines) is 1. The van der Waals surface area contributed by atoms with E-state index in [0.717, 1.165) is 17.7 Å². The average molecular weight is 487 g/mol. The Kier molecular flexibility index (Phi) is 7.30. The van der Waals surface area contributed by atoms with Gasteiger partial charge in [0.1, 0.15) is 6.04 Å². The summed E-state index contributed by atoms with van der Waals surface area (Å²) in [7, 11) is 0. The largest absolute Gasteiger partial charge is 0.331 e. The third-order valence-electron chi connectivity index (χ3n) is 5.76. The van der Waals surface area contributed by atoms with Gasteiger partial charge in [-0.3, -0.25) is 14.4 Å². The minimum absolute atomic E-state index is 0.0400. The van der Waals surface area contributed by atoms with Gasteiger partial charge in [-0.1, -0.05) is 53.5 Å². The number of carbonyl (C=O) groups is 3. The number of hydrazone groups is 1. The van der Waals surface area contributed by atoms with Crippen LogP contribution in [0.1, 0.15) is 37.7 Å². The fourth-order valence-electron chi connectivity index (χ4n) is 4.15. The van der Waals surface area contributed by atoms with Crippen LogP contribution in [0.5, 0.6) is 0 Å². The topological polar surface area (TPSA) is 82.1 Å². The van der Waals surface area contributed by atoms with E-state index in [2.05, 4.69) is 10.4 Å². The Labute approximate surface area is 202 Å². The highest BCUT2D eigenvalue weighted by Gasteiger charge is 2.34. The first-order valence-corrected chi connectivity index (χ1v) is 11.7. The smallest absolute Gasteiger partial charge is 0.247 e. The Hall–Kier alpha value is -2.90. The van der Waals surface area contributed by atoms with Crippen LogP contribution >= 0.6 is 23.2 Å². The fourth-order valence-corrected chi connectivity index (χ4v) is 4.67. The molecule has 2 aromatic rings. The highest BCUT2D eigenvalue weighted by Crippen LogP contribution is 2.25. The first kappa shape index (κ1) is 23.3. The van der Waals surface area contributed by atoms with Gasteiger partial charge in [-0.2, -0.15) is 5.10 Å². The molecule has 172 valence electrons. The summed E-state index contributed by atoms with van der Waals surface area (Å²) in [6.07, 6.45) is 2.07. The SMILES string of the molecule is O=C(Nc1cc(Cl)cc(Cl)c1)[C@H]1CCCN1C(=O)CCC(=O)N1CCC(c2ccccc2)=N1. The zero-order valence-corrected chi connectivity index (χ0v) is 19.5. The van der Waals surface area contributed by atoms with Crippen molar-refractivity contribution in [3.05, 3.63) is 64.1 Å². The van der Waals surface area contributed by atoms with E-state index in [1.165, 1.54) is 5.01 Å². The molecule has 1 atom stereocenters. The first-order valence-electron chi connectivity index (χ1n) is 10.9. The second kappa shape index (κ2) is 10.4. The highest BCUT2D eigenvalue weighted by molar-refractivity contribution is 6.35. The number of nitrogens with one attached hydrogen (secondary N) is 1. The summed E-state index contributed by atoms with van der Waals surface area (Å²) in [6.45, 7) is 0.996. The summed E-state index contributed by atoms with van der Waals surface area (Å²) in [5, 5.41) is 9.48. The fraction of sp³-hybridized carbons (Fsp3) is 0.333.